The summed E-state index contributed by atoms with van der Waals surface area (Å²) in [5.41, 5.74) is 0. The number of allylic oxidation sites excluding steroid dienone is 1. The fraction of sp³-hybridized carbons (Fsp3) is 0.571. The highest BCUT2D eigenvalue weighted by Gasteiger charge is 2.05. The Bertz CT molecular complexity index is 195. The summed E-state index contributed by atoms with van der Waals surface area (Å²) >= 11 is 0. The molecule has 0 rings (SSSR count). The average Bonchev–Trinajstić information content (AvgIpc) is 2.10. The molecule has 0 heterocycles. The predicted molar refractivity (Wildman–Crippen MR) is 63.8 cm³/mol. The first kappa shape index (κ1) is 14.3. The van der Waals surface area contributed by atoms with Crippen LogP contribution in [0.1, 0.15) is 25.7 Å². The molecule has 0 fully saturated rings. The van der Waals surface area contributed by atoms with Crippen molar-refractivity contribution in [2.24, 2.45) is 0 Å². The number of carbonyl (C=O) groups is 1. The van der Waals surface area contributed by atoms with E-state index in [-0.39, 0.29) is 5.97 Å². The maximum absolute atomic E-state index is 11.0. The third-order valence-corrected chi connectivity index (χ3v) is 2.47. The lowest BCUT2D eigenvalue weighted by atomic mass is 10.2. The molecule has 1 N–H and O–H groups in total. The Kier molecular flexibility index (Phi) is 8.72. The molecular weight excluding hydrogens is 241 g/mol. The summed E-state index contributed by atoms with van der Waals surface area (Å²) in [5.74, 6) is 0.120. The largest absolute Gasteiger partial charge is 0.437 e. The van der Waals surface area contributed by atoms with Crippen molar-refractivity contribution in [3.63, 3.8) is 0 Å². The van der Waals surface area contributed by atoms with Crippen molar-refractivity contribution in [2.45, 2.75) is 25.7 Å². The monoisotopic (exact) mass is 256 g/mol. The maximum Gasteiger partial charge on any atom is 0.309 e. The molecule has 0 aromatic carbocycles. The van der Waals surface area contributed by atoms with E-state index >= 15 is 0 Å². The van der Waals surface area contributed by atoms with Gasteiger partial charge in [-0.15, -0.1) is 0 Å². The highest BCUT2D eigenvalue weighted by Crippen LogP contribution is 2.53. The average molecular weight is 256 g/mol. The smallest absolute Gasteiger partial charge is 0.309 e. The third kappa shape index (κ3) is 8.84. The van der Waals surface area contributed by atoms with Gasteiger partial charge in [-0.05, 0) is 12.8 Å². The van der Waals surface area contributed by atoms with Gasteiger partial charge in [-0.25, -0.2) is 5.26 Å². The van der Waals surface area contributed by atoms with Gasteiger partial charge in [0.15, 0.2) is 0 Å². The molecule has 0 aliphatic heterocycles. The van der Waals surface area contributed by atoms with Gasteiger partial charge in [-0.1, -0.05) is 24.4 Å². The predicted octanol–water partition coefficient (Wildman–Crippen LogP) is 3.07. The van der Waals surface area contributed by atoms with Gasteiger partial charge in [0.2, 0.25) is 0 Å². The van der Waals surface area contributed by atoms with E-state index in [2.05, 4.69) is 29.3 Å². The fourth-order valence-electron chi connectivity index (χ4n) is 0.800. The maximum atomic E-state index is 11.0. The lowest BCUT2D eigenvalue weighted by Crippen LogP contribution is -1.97. The standard InChI is InChI=1S/C7H15O4P3/c1-6(10-9)4-2-3-5-7(8)11-14(12)13/h9H,1-5,12-13H2. The molecule has 0 aromatic heterocycles. The van der Waals surface area contributed by atoms with Gasteiger partial charge in [-0.3, -0.25) is 4.79 Å². The first-order valence-corrected chi connectivity index (χ1v) is 8.55. The van der Waals surface area contributed by atoms with Gasteiger partial charge in [-0.2, -0.15) is 0 Å². The summed E-state index contributed by atoms with van der Waals surface area (Å²) in [6.07, 6.45) is 2.40. The number of hydrogen-bond acceptors (Lipinski definition) is 4. The molecule has 4 nitrogen and oxygen atoms in total. The van der Waals surface area contributed by atoms with Crippen LogP contribution in [0.3, 0.4) is 0 Å². The number of unbranched alkanes of at least 4 members (excludes halogenated alkanes) is 1. The van der Waals surface area contributed by atoms with E-state index in [1.807, 2.05) is 0 Å². The second-order valence-corrected chi connectivity index (χ2v) is 8.41. The first-order chi connectivity index (χ1) is 6.56. The zero-order valence-electron chi connectivity index (χ0n) is 7.81. The van der Waals surface area contributed by atoms with Gasteiger partial charge in [0.1, 0.15) is 13.3 Å². The molecule has 0 radical (unpaired) electrons. The molecule has 0 spiro atoms. The van der Waals surface area contributed by atoms with Gasteiger partial charge < -0.3 is 9.41 Å². The lowest BCUT2D eigenvalue weighted by molar-refractivity contribution is -0.205. The van der Waals surface area contributed by atoms with Crippen LogP contribution in [0, 0.1) is 0 Å². The molecule has 0 saturated heterocycles. The molecule has 0 aliphatic carbocycles. The van der Waals surface area contributed by atoms with Crippen molar-refractivity contribution in [3.05, 3.63) is 12.3 Å². The normalized spacial score (nSPS) is 10.0. The summed E-state index contributed by atoms with van der Waals surface area (Å²) < 4.78 is 4.93. The molecule has 0 aliphatic rings. The Labute approximate surface area is 89.4 Å². The van der Waals surface area contributed by atoms with Crippen LogP contribution in [0.5, 0.6) is 0 Å². The van der Waals surface area contributed by atoms with Gasteiger partial charge in [0.05, 0.1) is 0 Å². The molecule has 0 aromatic rings. The second kappa shape index (κ2) is 8.56. The molecule has 7 heteroatoms. The van der Waals surface area contributed by atoms with Crippen LogP contribution in [-0.4, -0.2) is 11.2 Å². The van der Waals surface area contributed by atoms with Crippen LogP contribution in [0.2, 0.25) is 0 Å². The molecule has 14 heavy (non-hydrogen) atoms. The number of hydrogen-bond donors (Lipinski definition) is 1. The van der Waals surface area contributed by atoms with Gasteiger partial charge in [0.25, 0.3) is 0 Å². The van der Waals surface area contributed by atoms with E-state index in [0.717, 1.165) is 6.42 Å². The molecule has 2 atom stereocenters. The number of carbonyl (C=O) groups excluding carboxylic acids is 1. The minimum absolute atomic E-state index is 0.198. The van der Waals surface area contributed by atoms with Crippen molar-refractivity contribution in [2.75, 3.05) is 0 Å². The minimum Gasteiger partial charge on any atom is -0.437 e. The van der Waals surface area contributed by atoms with Gasteiger partial charge >= 0.3 is 5.97 Å². The quantitative estimate of drug-likeness (QED) is 0.250. The van der Waals surface area contributed by atoms with Crippen molar-refractivity contribution in [1.82, 2.24) is 0 Å². The van der Waals surface area contributed by atoms with E-state index in [1.165, 1.54) is 0 Å². The summed E-state index contributed by atoms with van der Waals surface area (Å²) in [6.45, 7) is 3.45. The van der Waals surface area contributed by atoms with Crippen molar-refractivity contribution in [3.8, 4) is 0 Å². The van der Waals surface area contributed by atoms with Crippen LogP contribution in [0.4, 0.5) is 0 Å². The Morgan fingerprint density at radius 3 is 2.43 bits per heavy atom. The molecule has 2 unspecified atom stereocenters. The Balaban J connectivity index is 3.36. The topological polar surface area (TPSA) is 55.8 Å². The number of rotatable bonds is 7. The summed E-state index contributed by atoms with van der Waals surface area (Å²) in [5, 5.41) is 8.17. The van der Waals surface area contributed by atoms with Crippen molar-refractivity contribution in [1.29, 1.82) is 0 Å². The Morgan fingerprint density at radius 1 is 1.36 bits per heavy atom. The first-order valence-electron chi connectivity index (χ1n) is 4.05. The molecule has 82 valence electrons. The molecule has 0 amide bonds. The van der Waals surface area contributed by atoms with E-state index in [4.69, 9.17) is 9.78 Å². The SMILES string of the molecule is C=C(CCCCC(=O)OP(P)P)OO. The third-order valence-electron chi connectivity index (χ3n) is 1.42. The van der Waals surface area contributed by atoms with Crippen LogP contribution in [-0.2, 0) is 14.2 Å². The highest BCUT2D eigenvalue weighted by atomic mass is 32.4. The van der Waals surface area contributed by atoms with Crippen LogP contribution >= 0.6 is 25.4 Å². The van der Waals surface area contributed by atoms with Crippen LogP contribution in [0.25, 0.3) is 0 Å². The van der Waals surface area contributed by atoms with E-state index < -0.39 is 7.53 Å². The molecule has 0 saturated carbocycles. The highest BCUT2D eigenvalue weighted by molar-refractivity contribution is 8.41. The minimum atomic E-state index is -0.775. The van der Waals surface area contributed by atoms with Gasteiger partial charge in [0, 0.05) is 12.8 Å². The summed E-state index contributed by atoms with van der Waals surface area (Å²) in [4.78, 5) is 14.9. The van der Waals surface area contributed by atoms with E-state index in [1.54, 1.807) is 0 Å². The molecular formula is C7H15O4P3. The summed E-state index contributed by atoms with van der Waals surface area (Å²) in [6, 6.07) is 0. The lowest BCUT2D eigenvalue weighted by Gasteiger charge is -2.06. The zero-order chi connectivity index (χ0) is 11.0. The van der Waals surface area contributed by atoms with E-state index in [9.17, 15) is 4.79 Å². The summed E-state index contributed by atoms with van der Waals surface area (Å²) in [7, 11) is 4.06. The fourth-order valence-corrected chi connectivity index (χ4v) is 1.83. The van der Waals surface area contributed by atoms with Crippen LogP contribution in [0.15, 0.2) is 12.3 Å². The van der Waals surface area contributed by atoms with Crippen LogP contribution < -0.4 is 0 Å². The Morgan fingerprint density at radius 2 is 1.93 bits per heavy atom. The Hall–Kier alpha value is 0.260. The van der Waals surface area contributed by atoms with E-state index in [0.29, 0.717) is 25.0 Å². The zero-order valence-corrected chi connectivity index (χ0v) is 11.0. The molecule has 0 bridgehead atoms. The van der Waals surface area contributed by atoms with Crippen molar-refractivity contribution >= 4 is 31.4 Å². The van der Waals surface area contributed by atoms with Crippen molar-refractivity contribution < 1.29 is 19.5 Å². The second-order valence-electron chi connectivity index (χ2n) is 2.66.